The molecule has 7 heteroatoms. The van der Waals surface area contributed by atoms with E-state index >= 15 is 0 Å². The largest absolute Gasteiger partial charge is 0.426 e. The molecule has 1 saturated carbocycles. The van der Waals surface area contributed by atoms with Gasteiger partial charge in [-0.1, -0.05) is 39.0 Å². The average molecular weight is 503 g/mol. The number of hydrogen-bond acceptors (Lipinski definition) is 5. The third-order valence-corrected chi connectivity index (χ3v) is 8.19. The monoisotopic (exact) mass is 502 g/mol. The zero-order chi connectivity index (χ0) is 26.3. The van der Waals surface area contributed by atoms with Crippen molar-refractivity contribution >= 4 is 35.1 Å². The fourth-order valence-electron chi connectivity index (χ4n) is 6.15. The summed E-state index contributed by atoms with van der Waals surface area (Å²) >= 11 is 0. The van der Waals surface area contributed by atoms with Crippen molar-refractivity contribution in [3.8, 4) is 5.75 Å². The zero-order valence-corrected chi connectivity index (χ0v) is 21.7. The van der Waals surface area contributed by atoms with Crippen molar-refractivity contribution in [2.45, 2.75) is 59.3 Å². The third-order valence-electron chi connectivity index (χ3n) is 8.19. The highest BCUT2D eigenvalue weighted by Gasteiger charge is 2.50. The van der Waals surface area contributed by atoms with E-state index in [4.69, 9.17) is 4.74 Å². The van der Waals surface area contributed by atoms with Gasteiger partial charge in [-0.15, -0.1) is 0 Å². The number of fused-ring (bicyclic) bond motifs is 1. The Labute approximate surface area is 217 Å². The lowest BCUT2D eigenvalue weighted by Crippen LogP contribution is -2.30. The minimum Gasteiger partial charge on any atom is -0.426 e. The lowest BCUT2D eigenvalue weighted by molar-refractivity contribution is -0.139. The van der Waals surface area contributed by atoms with Crippen molar-refractivity contribution in [2.24, 2.45) is 23.7 Å². The van der Waals surface area contributed by atoms with Crippen LogP contribution in [-0.2, 0) is 32.0 Å². The summed E-state index contributed by atoms with van der Waals surface area (Å²) in [6, 6.07) is 12.6. The number of carbonyl (C=O) groups excluding carboxylic acids is 4. The molecule has 2 heterocycles. The van der Waals surface area contributed by atoms with E-state index in [9.17, 15) is 19.2 Å². The number of para-hydroxylation sites is 1. The van der Waals surface area contributed by atoms with Crippen LogP contribution in [-0.4, -0.2) is 30.2 Å². The second kappa shape index (κ2) is 10.1. The van der Waals surface area contributed by atoms with Crippen LogP contribution in [0.15, 0.2) is 42.5 Å². The van der Waals surface area contributed by atoms with Gasteiger partial charge in [0.1, 0.15) is 5.75 Å². The molecule has 3 fully saturated rings. The van der Waals surface area contributed by atoms with Gasteiger partial charge in [-0.2, -0.15) is 0 Å². The molecule has 2 aromatic rings. The van der Waals surface area contributed by atoms with Crippen LogP contribution in [0.25, 0.3) is 0 Å². The highest BCUT2D eigenvalue weighted by molar-refractivity contribution is 6.22. The van der Waals surface area contributed by atoms with Crippen molar-refractivity contribution in [3.63, 3.8) is 0 Å². The molecule has 0 aromatic heterocycles. The minimum absolute atomic E-state index is 0.0743. The molecule has 0 radical (unpaired) electrons. The van der Waals surface area contributed by atoms with Crippen LogP contribution in [0.4, 0.5) is 11.4 Å². The van der Waals surface area contributed by atoms with E-state index in [0.717, 1.165) is 48.9 Å². The van der Waals surface area contributed by atoms with Crippen LogP contribution >= 0.6 is 0 Å². The zero-order valence-electron chi connectivity index (χ0n) is 21.7. The Bertz CT molecular complexity index is 1210. The predicted octanol–water partition coefficient (Wildman–Crippen LogP) is 4.70. The molecule has 0 N–H and O–H groups in total. The van der Waals surface area contributed by atoms with Gasteiger partial charge in [0.15, 0.2) is 0 Å². The molecule has 3 aliphatic rings. The molecule has 2 aliphatic heterocycles. The van der Waals surface area contributed by atoms with Crippen molar-refractivity contribution in [1.29, 1.82) is 0 Å². The maximum Gasteiger partial charge on any atom is 0.316 e. The number of nitrogens with zero attached hydrogens (tertiary/aromatic N) is 2. The summed E-state index contributed by atoms with van der Waals surface area (Å²) in [4.78, 5) is 54.8. The van der Waals surface area contributed by atoms with Gasteiger partial charge in [-0.3, -0.25) is 24.1 Å². The van der Waals surface area contributed by atoms with E-state index < -0.39 is 11.9 Å². The van der Waals surface area contributed by atoms with Gasteiger partial charge >= 0.3 is 5.97 Å². The fraction of sp³-hybridized carbons (Fsp3) is 0.467. The molecule has 2 saturated heterocycles. The number of esters is 1. The molecule has 5 rings (SSSR count). The maximum absolute atomic E-state index is 13.0. The standard InChI is InChI=1S/C30H34N2O5/c1-4-19-7-6-8-20(5-2)27(19)31-17-21(16-26(31)33)30(36)37-23-12-10-22(11-13-23)32-28(34)24-14-9-18(3)15-25(24)29(32)35/h6-8,10-13,18,21,24-25H,4-5,9,14-17H2,1-3H3/t18-,21-,24-,25-/m1/s1. The van der Waals surface area contributed by atoms with Crippen LogP contribution in [0.3, 0.4) is 0 Å². The van der Waals surface area contributed by atoms with E-state index in [1.165, 1.54) is 4.90 Å². The lowest BCUT2D eigenvalue weighted by Gasteiger charge is -2.25. The highest BCUT2D eigenvalue weighted by atomic mass is 16.5. The number of aryl methyl sites for hydroxylation is 2. The molecular formula is C30H34N2O5. The Morgan fingerprint density at radius 2 is 1.57 bits per heavy atom. The Balaban J connectivity index is 1.26. The number of carbonyl (C=O) groups is 4. The number of benzene rings is 2. The summed E-state index contributed by atoms with van der Waals surface area (Å²) in [6.45, 7) is 6.54. The van der Waals surface area contributed by atoms with Crippen LogP contribution in [0.1, 0.15) is 57.6 Å². The predicted molar refractivity (Wildman–Crippen MR) is 140 cm³/mol. The van der Waals surface area contributed by atoms with E-state index in [-0.39, 0.29) is 42.5 Å². The summed E-state index contributed by atoms with van der Waals surface area (Å²) in [5.74, 6) is -1.04. The maximum atomic E-state index is 13.0. The first-order valence-corrected chi connectivity index (χ1v) is 13.4. The SMILES string of the molecule is CCc1cccc(CC)c1N1C[C@H](C(=O)Oc2ccc(N3C(=O)[C@@H]4CC[C@@H](C)C[C@H]4C3=O)cc2)CC1=O. The van der Waals surface area contributed by atoms with Crippen molar-refractivity contribution in [3.05, 3.63) is 53.6 Å². The van der Waals surface area contributed by atoms with Gasteiger partial charge < -0.3 is 9.64 Å². The van der Waals surface area contributed by atoms with Gasteiger partial charge in [0.2, 0.25) is 17.7 Å². The molecule has 194 valence electrons. The molecular weight excluding hydrogens is 468 g/mol. The first-order valence-electron chi connectivity index (χ1n) is 13.4. The fourth-order valence-corrected chi connectivity index (χ4v) is 6.15. The highest BCUT2D eigenvalue weighted by Crippen LogP contribution is 2.42. The van der Waals surface area contributed by atoms with Crippen molar-refractivity contribution < 1.29 is 23.9 Å². The number of amides is 3. The number of imide groups is 1. The first-order chi connectivity index (χ1) is 17.8. The van der Waals surface area contributed by atoms with Gasteiger partial charge in [0.05, 0.1) is 23.4 Å². The van der Waals surface area contributed by atoms with Crippen LogP contribution in [0, 0.1) is 23.7 Å². The summed E-state index contributed by atoms with van der Waals surface area (Å²) in [5, 5.41) is 0. The number of rotatable bonds is 6. The van der Waals surface area contributed by atoms with Gasteiger partial charge in [-0.05, 0) is 73.4 Å². The summed E-state index contributed by atoms with van der Waals surface area (Å²) in [5.41, 5.74) is 3.62. The Morgan fingerprint density at radius 3 is 2.22 bits per heavy atom. The van der Waals surface area contributed by atoms with Crippen LogP contribution < -0.4 is 14.5 Å². The summed E-state index contributed by atoms with van der Waals surface area (Å²) in [7, 11) is 0. The van der Waals surface area contributed by atoms with Crippen LogP contribution in [0.2, 0.25) is 0 Å². The summed E-state index contributed by atoms with van der Waals surface area (Å²) < 4.78 is 5.62. The number of anilines is 2. The topological polar surface area (TPSA) is 84.0 Å². The smallest absolute Gasteiger partial charge is 0.316 e. The molecule has 1 aliphatic carbocycles. The van der Waals surface area contributed by atoms with Gasteiger partial charge in [0, 0.05) is 18.7 Å². The normalized spacial score (nSPS) is 25.5. The summed E-state index contributed by atoms with van der Waals surface area (Å²) in [6.07, 6.45) is 4.18. The molecule has 4 atom stereocenters. The molecule has 2 aromatic carbocycles. The molecule has 3 amide bonds. The van der Waals surface area contributed by atoms with E-state index in [2.05, 4.69) is 20.8 Å². The molecule has 37 heavy (non-hydrogen) atoms. The minimum atomic E-state index is -0.561. The average Bonchev–Trinajstić information content (AvgIpc) is 3.40. The Hall–Kier alpha value is -3.48. The lowest BCUT2D eigenvalue weighted by atomic mass is 9.76. The van der Waals surface area contributed by atoms with Crippen molar-refractivity contribution in [2.75, 3.05) is 16.3 Å². The molecule has 7 nitrogen and oxygen atoms in total. The Kier molecular flexibility index (Phi) is 6.88. The number of hydrogen-bond donors (Lipinski definition) is 0. The second-order valence-corrected chi connectivity index (χ2v) is 10.6. The molecule has 0 spiro atoms. The quantitative estimate of drug-likeness (QED) is 0.325. The van der Waals surface area contributed by atoms with Gasteiger partial charge in [0.25, 0.3) is 0 Å². The molecule has 0 unspecified atom stereocenters. The van der Waals surface area contributed by atoms with E-state index in [0.29, 0.717) is 17.4 Å². The van der Waals surface area contributed by atoms with E-state index in [1.54, 1.807) is 29.2 Å². The second-order valence-electron chi connectivity index (χ2n) is 10.6. The van der Waals surface area contributed by atoms with Crippen LogP contribution in [0.5, 0.6) is 5.75 Å². The Morgan fingerprint density at radius 1 is 0.919 bits per heavy atom. The number of ether oxygens (including phenoxy) is 1. The molecule has 0 bridgehead atoms. The van der Waals surface area contributed by atoms with Gasteiger partial charge in [-0.25, -0.2) is 0 Å². The third kappa shape index (κ3) is 4.56. The van der Waals surface area contributed by atoms with Crippen molar-refractivity contribution in [1.82, 2.24) is 0 Å². The first kappa shape index (κ1) is 25.2. The van der Waals surface area contributed by atoms with E-state index in [1.807, 2.05) is 18.2 Å².